The zero-order chi connectivity index (χ0) is 13.3. The second kappa shape index (κ2) is 5.11. The van der Waals surface area contributed by atoms with E-state index in [4.69, 9.17) is 0 Å². The summed E-state index contributed by atoms with van der Waals surface area (Å²) in [6, 6.07) is 6.81. The third-order valence-corrected chi connectivity index (χ3v) is 3.48. The Morgan fingerprint density at radius 3 is 2.44 bits per heavy atom. The van der Waals surface area contributed by atoms with E-state index in [1.54, 1.807) is 0 Å². The summed E-state index contributed by atoms with van der Waals surface area (Å²) < 4.78 is 0. The Kier molecular flexibility index (Phi) is 3.71. The van der Waals surface area contributed by atoms with Crippen LogP contribution < -0.4 is 5.32 Å². The molecule has 98 valence electrons. The van der Waals surface area contributed by atoms with Gasteiger partial charge in [0, 0.05) is 30.7 Å². The lowest BCUT2D eigenvalue weighted by atomic mass is 10.1. The molecule has 0 unspecified atom stereocenters. The molecule has 2 rings (SSSR count). The van der Waals surface area contributed by atoms with Crippen LogP contribution in [0.25, 0.3) is 0 Å². The van der Waals surface area contributed by atoms with Gasteiger partial charge >= 0.3 is 0 Å². The maximum Gasteiger partial charge on any atom is 0.226 e. The van der Waals surface area contributed by atoms with E-state index in [9.17, 15) is 4.79 Å². The second-order valence-electron chi connectivity index (χ2n) is 5.63. The number of amides is 1. The van der Waals surface area contributed by atoms with Gasteiger partial charge in [0.25, 0.3) is 0 Å². The number of carbonyl (C=O) groups is 1. The highest BCUT2D eigenvalue weighted by molar-refractivity contribution is 5.92. The predicted octanol–water partition coefficient (Wildman–Crippen LogP) is 3.01. The van der Waals surface area contributed by atoms with Gasteiger partial charge in [0.1, 0.15) is 0 Å². The average molecular weight is 246 g/mol. The third-order valence-electron chi connectivity index (χ3n) is 3.48. The molecule has 0 aliphatic carbocycles. The Hall–Kier alpha value is -1.35. The number of benzene rings is 1. The predicted molar refractivity (Wildman–Crippen MR) is 74.3 cm³/mol. The fraction of sp³-hybridized carbons (Fsp3) is 0.533. The van der Waals surface area contributed by atoms with Crippen molar-refractivity contribution >= 4 is 11.6 Å². The van der Waals surface area contributed by atoms with E-state index in [1.165, 1.54) is 11.1 Å². The van der Waals surface area contributed by atoms with Crippen molar-refractivity contribution in [3.05, 3.63) is 29.3 Å². The second-order valence-corrected chi connectivity index (χ2v) is 5.63. The summed E-state index contributed by atoms with van der Waals surface area (Å²) in [4.78, 5) is 14.1. The van der Waals surface area contributed by atoms with Gasteiger partial charge in [0.15, 0.2) is 0 Å². The summed E-state index contributed by atoms with van der Waals surface area (Å²) >= 11 is 0. The van der Waals surface area contributed by atoms with Crippen LogP contribution in [0.3, 0.4) is 0 Å². The Morgan fingerprint density at radius 2 is 1.83 bits per heavy atom. The van der Waals surface area contributed by atoms with Gasteiger partial charge in [-0.2, -0.15) is 0 Å². The van der Waals surface area contributed by atoms with Crippen molar-refractivity contribution in [1.29, 1.82) is 0 Å². The molecule has 1 heterocycles. The van der Waals surface area contributed by atoms with Crippen LogP contribution in [0.1, 0.15) is 38.8 Å². The van der Waals surface area contributed by atoms with Gasteiger partial charge in [-0.1, -0.05) is 19.9 Å². The number of hydrogen-bond donors (Lipinski definition) is 1. The zero-order valence-electron chi connectivity index (χ0n) is 11.7. The first-order valence-corrected chi connectivity index (χ1v) is 6.64. The van der Waals surface area contributed by atoms with E-state index in [1.807, 2.05) is 19.9 Å². The summed E-state index contributed by atoms with van der Waals surface area (Å²) in [5.41, 5.74) is 3.63. The lowest BCUT2D eigenvalue weighted by Gasteiger charge is -2.18. The van der Waals surface area contributed by atoms with E-state index >= 15 is 0 Å². The van der Waals surface area contributed by atoms with Crippen molar-refractivity contribution in [2.75, 3.05) is 5.32 Å². The van der Waals surface area contributed by atoms with Gasteiger partial charge < -0.3 is 5.32 Å². The fourth-order valence-corrected chi connectivity index (χ4v) is 2.15. The summed E-state index contributed by atoms with van der Waals surface area (Å²) in [5, 5.41) is 2.96. The SMILES string of the molecule is CC(C)C(=O)Nc1ccc2c(c1)CN(C(C)C)C2. The van der Waals surface area contributed by atoms with Crippen LogP contribution in [0.15, 0.2) is 18.2 Å². The molecule has 3 heteroatoms. The zero-order valence-corrected chi connectivity index (χ0v) is 11.7. The Balaban J connectivity index is 2.11. The molecule has 1 amide bonds. The first kappa shape index (κ1) is 13.1. The molecule has 1 aliphatic rings. The maximum absolute atomic E-state index is 11.7. The quantitative estimate of drug-likeness (QED) is 0.889. The van der Waals surface area contributed by atoms with Crippen molar-refractivity contribution in [3.63, 3.8) is 0 Å². The molecule has 1 aliphatic heterocycles. The van der Waals surface area contributed by atoms with Crippen molar-refractivity contribution in [2.24, 2.45) is 5.92 Å². The molecule has 0 radical (unpaired) electrons. The summed E-state index contributed by atoms with van der Waals surface area (Å²) in [5.74, 6) is 0.0964. The molecular formula is C15H22N2O. The summed E-state index contributed by atoms with van der Waals surface area (Å²) in [6.45, 7) is 10.2. The van der Waals surface area contributed by atoms with E-state index in [0.29, 0.717) is 6.04 Å². The third kappa shape index (κ3) is 2.72. The molecule has 0 spiro atoms. The molecule has 0 saturated carbocycles. The largest absolute Gasteiger partial charge is 0.326 e. The minimum atomic E-state index is 0.0189. The highest BCUT2D eigenvalue weighted by Gasteiger charge is 2.21. The normalized spacial score (nSPS) is 15.2. The van der Waals surface area contributed by atoms with Crippen molar-refractivity contribution in [2.45, 2.75) is 46.8 Å². The number of carbonyl (C=O) groups excluding carboxylic acids is 1. The Morgan fingerprint density at radius 1 is 1.17 bits per heavy atom. The molecule has 1 aromatic carbocycles. The van der Waals surface area contributed by atoms with Crippen molar-refractivity contribution < 1.29 is 4.79 Å². The number of hydrogen-bond acceptors (Lipinski definition) is 2. The molecule has 18 heavy (non-hydrogen) atoms. The number of anilines is 1. The molecular weight excluding hydrogens is 224 g/mol. The van der Waals surface area contributed by atoms with Crippen LogP contribution in [-0.2, 0) is 17.9 Å². The fourth-order valence-electron chi connectivity index (χ4n) is 2.15. The minimum Gasteiger partial charge on any atom is -0.326 e. The smallest absolute Gasteiger partial charge is 0.226 e. The van der Waals surface area contributed by atoms with Crippen LogP contribution in [0, 0.1) is 5.92 Å². The number of fused-ring (bicyclic) bond motifs is 1. The molecule has 0 saturated heterocycles. The van der Waals surface area contributed by atoms with Gasteiger partial charge in [-0.15, -0.1) is 0 Å². The van der Waals surface area contributed by atoms with Crippen LogP contribution in [-0.4, -0.2) is 16.8 Å². The molecule has 3 nitrogen and oxygen atoms in total. The van der Waals surface area contributed by atoms with Gasteiger partial charge in [-0.25, -0.2) is 0 Å². The van der Waals surface area contributed by atoms with E-state index in [0.717, 1.165) is 18.8 Å². The maximum atomic E-state index is 11.7. The molecule has 0 aromatic heterocycles. The monoisotopic (exact) mass is 246 g/mol. The van der Waals surface area contributed by atoms with Gasteiger partial charge in [-0.05, 0) is 37.1 Å². The molecule has 1 N–H and O–H groups in total. The minimum absolute atomic E-state index is 0.0189. The lowest BCUT2D eigenvalue weighted by molar-refractivity contribution is -0.118. The van der Waals surface area contributed by atoms with E-state index < -0.39 is 0 Å². The van der Waals surface area contributed by atoms with Crippen LogP contribution in [0.5, 0.6) is 0 Å². The van der Waals surface area contributed by atoms with E-state index in [2.05, 4.69) is 36.2 Å². The summed E-state index contributed by atoms with van der Waals surface area (Å²) in [6.07, 6.45) is 0. The van der Waals surface area contributed by atoms with Crippen molar-refractivity contribution in [1.82, 2.24) is 4.90 Å². The van der Waals surface area contributed by atoms with E-state index in [-0.39, 0.29) is 11.8 Å². The summed E-state index contributed by atoms with van der Waals surface area (Å²) in [7, 11) is 0. The lowest BCUT2D eigenvalue weighted by Crippen LogP contribution is -2.24. The number of nitrogens with zero attached hydrogens (tertiary/aromatic N) is 1. The van der Waals surface area contributed by atoms with Crippen LogP contribution >= 0.6 is 0 Å². The average Bonchev–Trinajstić information content (AvgIpc) is 2.71. The molecule has 0 bridgehead atoms. The van der Waals surface area contributed by atoms with Gasteiger partial charge in [0.2, 0.25) is 5.91 Å². The molecule has 0 atom stereocenters. The van der Waals surface area contributed by atoms with Crippen LogP contribution in [0.2, 0.25) is 0 Å². The Labute approximate surface area is 109 Å². The first-order valence-electron chi connectivity index (χ1n) is 6.64. The highest BCUT2D eigenvalue weighted by Crippen LogP contribution is 2.27. The number of nitrogens with one attached hydrogen (secondary N) is 1. The topological polar surface area (TPSA) is 32.3 Å². The Bertz CT molecular complexity index is 452. The molecule has 1 aromatic rings. The standard InChI is InChI=1S/C15H22N2O/c1-10(2)15(18)16-14-6-5-12-8-17(11(3)4)9-13(12)7-14/h5-7,10-11H,8-9H2,1-4H3,(H,16,18). The van der Waals surface area contributed by atoms with Gasteiger partial charge in [-0.3, -0.25) is 9.69 Å². The highest BCUT2D eigenvalue weighted by atomic mass is 16.1. The number of rotatable bonds is 3. The van der Waals surface area contributed by atoms with Crippen molar-refractivity contribution in [3.8, 4) is 0 Å². The molecule has 0 fully saturated rings. The van der Waals surface area contributed by atoms with Crippen LogP contribution in [0.4, 0.5) is 5.69 Å². The van der Waals surface area contributed by atoms with Gasteiger partial charge in [0.05, 0.1) is 0 Å². The first-order chi connectivity index (χ1) is 8.47.